The lowest BCUT2D eigenvalue weighted by molar-refractivity contribution is -0.401. The fourth-order valence-electron chi connectivity index (χ4n) is 1.58. The number of carbonyl (C=O) groups excluding carboxylic acids is 1. The van der Waals surface area contributed by atoms with Crippen molar-refractivity contribution in [3.05, 3.63) is 0 Å². The summed E-state index contributed by atoms with van der Waals surface area (Å²) < 4.78 is 143. The highest BCUT2D eigenvalue weighted by Gasteiger charge is 2.86. The van der Waals surface area contributed by atoms with Crippen molar-refractivity contribution in [2.75, 3.05) is 13.2 Å². The molecule has 2 N–H and O–H groups in total. The van der Waals surface area contributed by atoms with Gasteiger partial charge in [-0.25, -0.2) is 4.39 Å². The molecular formula is C12H12F11NO3. The van der Waals surface area contributed by atoms with Crippen LogP contribution in [0.2, 0.25) is 0 Å². The number of hydrogen-bond acceptors (Lipinski definition) is 2. The quantitative estimate of drug-likeness (QED) is 0.526. The molecule has 0 aromatic heterocycles. The predicted molar refractivity (Wildman–Crippen MR) is 65.1 cm³/mol. The van der Waals surface area contributed by atoms with Crippen LogP contribution in [0.4, 0.5) is 48.3 Å². The Morgan fingerprint density at radius 3 is 1.63 bits per heavy atom. The van der Waals surface area contributed by atoms with Gasteiger partial charge in [0.2, 0.25) is 5.91 Å². The van der Waals surface area contributed by atoms with Crippen molar-refractivity contribution in [1.29, 1.82) is 0 Å². The van der Waals surface area contributed by atoms with Crippen molar-refractivity contribution in [2.24, 2.45) is 5.92 Å². The summed E-state index contributed by atoms with van der Waals surface area (Å²) in [5, 5.41) is 9.29. The Labute approximate surface area is 143 Å². The number of carboxylic acids is 1. The monoisotopic (exact) mass is 427 g/mol. The Bertz CT molecular complexity index is 565. The van der Waals surface area contributed by atoms with E-state index in [4.69, 9.17) is 5.11 Å². The fraction of sp³-hybridized carbons (Fsp3) is 0.833. The van der Waals surface area contributed by atoms with E-state index in [9.17, 15) is 57.9 Å². The third-order valence-electron chi connectivity index (χ3n) is 3.29. The van der Waals surface area contributed by atoms with Crippen molar-refractivity contribution in [3.63, 3.8) is 0 Å². The molecule has 0 aromatic carbocycles. The van der Waals surface area contributed by atoms with Crippen molar-refractivity contribution in [1.82, 2.24) is 5.32 Å². The molecular weight excluding hydrogens is 415 g/mol. The van der Waals surface area contributed by atoms with Gasteiger partial charge in [-0.2, -0.15) is 43.9 Å². The highest BCUT2D eigenvalue weighted by Crippen LogP contribution is 2.56. The van der Waals surface area contributed by atoms with Crippen molar-refractivity contribution >= 4 is 11.9 Å². The van der Waals surface area contributed by atoms with Gasteiger partial charge in [-0.3, -0.25) is 9.59 Å². The van der Waals surface area contributed by atoms with Gasteiger partial charge < -0.3 is 10.4 Å². The van der Waals surface area contributed by atoms with Gasteiger partial charge in [0, 0.05) is 5.92 Å². The fourth-order valence-corrected chi connectivity index (χ4v) is 1.58. The number of rotatable bonds is 10. The Kier molecular flexibility index (Phi) is 7.14. The molecule has 27 heavy (non-hydrogen) atoms. The Balaban J connectivity index is 5.58. The second-order valence-corrected chi connectivity index (χ2v) is 5.48. The first-order valence-corrected chi connectivity index (χ1v) is 6.73. The minimum absolute atomic E-state index is 0.824. The summed E-state index contributed by atoms with van der Waals surface area (Å²) in [4.78, 5) is 21.6. The highest BCUT2D eigenvalue weighted by atomic mass is 19.4. The van der Waals surface area contributed by atoms with Crippen LogP contribution >= 0.6 is 0 Å². The van der Waals surface area contributed by atoms with E-state index in [1.54, 1.807) is 0 Å². The molecule has 0 rings (SSSR count). The van der Waals surface area contributed by atoms with Crippen LogP contribution in [-0.2, 0) is 9.59 Å². The van der Waals surface area contributed by atoms with E-state index in [0.29, 0.717) is 0 Å². The average molecular weight is 427 g/mol. The van der Waals surface area contributed by atoms with E-state index in [-0.39, 0.29) is 0 Å². The third-order valence-corrected chi connectivity index (χ3v) is 3.29. The van der Waals surface area contributed by atoms with E-state index in [1.807, 2.05) is 0 Å². The topological polar surface area (TPSA) is 66.4 Å². The number of nitrogens with one attached hydrogen (secondary N) is 1. The van der Waals surface area contributed by atoms with Gasteiger partial charge >= 0.3 is 35.6 Å². The number of aliphatic carboxylic acids is 1. The summed E-state index contributed by atoms with van der Waals surface area (Å²) in [6.45, 7) is -5.43. The molecule has 15 heteroatoms. The molecule has 1 amide bonds. The molecule has 0 aromatic rings. The minimum Gasteiger partial charge on any atom is -0.481 e. The summed E-state index contributed by atoms with van der Waals surface area (Å²) in [6, 6.07) is 0. The molecule has 0 saturated heterocycles. The number of amides is 1. The zero-order valence-electron chi connectivity index (χ0n) is 13.1. The molecule has 0 saturated carbocycles. The van der Waals surface area contributed by atoms with Crippen LogP contribution in [0.1, 0.15) is 13.3 Å². The Morgan fingerprint density at radius 1 is 0.852 bits per heavy atom. The lowest BCUT2D eigenvalue weighted by atomic mass is 9.94. The molecule has 0 spiro atoms. The van der Waals surface area contributed by atoms with Crippen LogP contribution in [-0.4, -0.2) is 59.8 Å². The predicted octanol–water partition coefficient (Wildman–Crippen LogP) is 3.36. The summed E-state index contributed by atoms with van der Waals surface area (Å²) in [7, 11) is 0. The van der Waals surface area contributed by atoms with Crippen LogP contribution in [0.5, 0.6) is 0 Å². The first-order chi connectivity index (χ1) is 11.8. The van der Waals surface area contributed by atoms with Gasteiger partial charge in [0.1, 0.15) is 0 Å². The zero-order chi connectivity index (χ0) is 22.1. The van der Waals surface area contributed by atoms with E-state index in [0.717, 1.165) is 12.2 Å². The van der Waals surface area contributed by atoms with Gasteiger partial charge in [0.05, 0.1) is 13.0 Å². The number of alkyl halides is 11. The molecule has 0 heterocycles. The summed E-state index contributed by atoms with van der Waals surface area (Å²) in [5.41, 5.74) is 0. The first kappa shape index (κ1) is 25.2. The Morgan fingerprint density at radius 2 is 1.26 bits per heavy atom. The maximum Gasteiger partial charge on any atom is 0.384 e. The van der Waals surface area contributed by atoms with Gasteiger partial charge in [0.15, 0.2) is 6.67 Å². The normalized spacial score (nSPS) is 15.4. The number of hydrogen-bond donors (Lipinski definition) is 2. The number of carboxylic acid groups (broad SMARTS) is 1. The number of carbonyl (C=O) groups is 2. The molecule has 160 valence electrons. The lowest BCUT2D eigenvalue weighted by Crippen LogP contribution is -2.69. The molecule has 0 aliphatic heterocycles. The van der Waals surface area contributed by atoms with Crippen LogP contribution in [0, 0.1) is 5.92 Å². The molecule has 1 atom stereocenters. The van der Waals surface area contributed by atoms with Gasteiger partial charge in [-0.05, 0) is 0 Å². The van der Waals surface area contributed by atoms with Crippen LogP contribution < -0.4 is 5.32 Å². The van der Waals surface area contributed by atoms with Crippen molar-refractivity contribution in [3.8, 4) is 0 Å². The van der Waals surface area contributed by atoms with Gasteiger partial charge in [-0.1, -0.05) is 6.92 Å². The third kappa shape index (κ3) is 4.54. The maximum atomic E-state index is 13.4. The molecule has 0 fully saturated rings. The summed E-state index contributed by atoms with van der Waals surface area (Å²) in [6.07, 6.45) is -0.981. The number of halogens is 11. The zero-order valence-corrected chi connectivity index (χ0v) is 13.1. The maximum absolute atomic E-state index is 13.4. The van der Waals surface area contributed by atoms with Gasteiger partial charge in [0.25, 0.3) is 0 Å². The van der Waals surface area contributed by atoms with Crippen LogP contribution in [0.3, 0.4) is 0 Å². The molecule has 0 aliphatic carbocycles. The largest absolute Gasteiger partial charge is 0.481 e. The van der Waals surface area contributed by atoms with E-state index >= 15 is 0 Å². The molecule has 0 aliphatic rings. The minimum atomic E-state index is -7.42. The summed E-state index contributed by atoms with van der Waals surface area (Å²) in [5.74, 6) is -39.2. The first-order valence-electron chi connectivity index (χ1n) is 6.73. The smallest absolute Gasteiger partial charge is 0.384 e. The molecule has 1 unspecified atom stereocenters. The van der Waals surface area contributed by atoms with Crippen molar-refractivity contribution < 1.29 is 63.0 Å². The van der Waals surface area contributed by atoms with E-state index in [1.165, 1.54) is 0 Å². The lowest BCUT2D eigenvalue weighted by Gasteiger charge is -2.38. The Hall–Kier alpha value is -1.83. The second-order valence-electron chi connectivity index (χ2n) is 5.48. The molecule has 0 radical (unpaired) electrons. The second kappa shape index (κ2) is 7.66. The average Bonchev–Trinajstić information content (AvgIpc) is 2.50. The van der Waals surface area contributed by atoms with E-state index in [2.05, 4.69) is 0 Å². The van der Waals surface area contributed by atoms with Crippen LogP contribution in [0.25, 0.3) is 0 Å². The van der Waals surface area contributed by atoms with Gasteiger partial charge in [-0.15, -0.1) is 0 Å². The summed E-state index contributed by atoms with van der Waals surface area (Å²) >= 11 is 0. The van der Waals surface area contributed by atoms with Crippen LogP contribution in [0.15, 0.2) is 0 Å². The highest BCUT2D eigenvalue weighted by molar-refractivity contribution is 5.82. The van der Waals surface area contributed by atoms with Crippen molar-refractivity contribution in [2.45, 2.75) is 43.0 Å². The molecule has 0 bridgehead atoms. The van der Waals surface area contributed by atoms with E-state index < -0.39 is 67.0 Å². The SMILES string of the molecule is CC(CC(=O)O)C(=O)NCC(F)(F)C(F)(F)C(F)(F)C(F)(F)C(F)(F)CF. The molecule has 4 nitrogen and oxygen atoms in total. The standard InChI is InChI=1S/C12H12F11NO3/c1-5(2-6(25)26)7(27)24-4-9(16,17)11(20,21)12(22,23)10(18,19)8(14,15)3-13/h5H,2-4H2,1H3,(H,24,27)(H,25,26).